The third-order valence-corrected chi connectivity index (χ3v) is 5.29. The minimum atomic E-state index is -4.59. The number of imidazole rings is 1. The molecule has 0 spiro atoms. The van der Waals surface area contributed by atoms with Gasteiger partial charge in [-0.05, 0) is 13.0 Å². The maximum atomic E-state index is 13.1. The predicted molar refractivity (Wildman–Crippen MR) is 113 cm³/mol. The van der Waals surface area contributed by atoms with E-state index >= 15 is 0 Å². The Morgan fingerprint density at radius 3 is 2.75 bits per heavy atom. The number of fused-ring (bicyclic) bond motifs is 1. The smallest absolute Gasteiger partial charge is 0.404 e. The van der Waals surface area contributed by atoms with Crippen molar-refractivity contribution in [3.05, 3.63) is 48.3 Å². The standard InChI is InChI=1S/C19H19ClF3N9/c1-10-7-31(8-12(29-10)11(4-24)17(20)25)15-2-3-26-18(30-15)13-5-28-16-6-27-14(9-32(13)16)19(21,22)23/h2-6,9-10,12,25,29H,7-8,24H2,1H3. The summed E-state index contributed by atoms with van der Waals surface area (Å²) in [7, 11) is 0. The molecule has 0 saturated carbocycles. The molecule has 2 unspecified atom stereocenters. The van der Waals surface area contributed by atoms with Gasteiger partial charge in [-0.15, -0.1) is 0 Å². The van der Waals surface area contributed by atoms with E-state index in [1.807, 2.05) is 11.8 Å². The molecule has 4 heterocycles. The van der Waals surface area contributed by atoms with E-state index in [2.05, 4.69) is 25.3 Å². The molecule has 0 radical (unpaired) electrons. The van der Waals surface area contributed by atoms with Crippen molar-refractivity contribution in [2.45, 2.75) is 25.2 Å². The van der Waals surface area contributed by atoms with Gasteiger partial charge in [-0.25, -0.2) is 19.9 Å². The fourth-order valence-corrected chi connectivity index (χ4v) is 3.84. The van der Waals surface area contributed by atoms with E-state index in [0.29, 0.717) is 30.2 Å². The summed E-state index contributed by atoms with van der Waals surface area (Å²) in [5.74, 6) is 0.794. The van der Waals surface area contributed by atoms with Gasteiger partial charge in [0, 0.05) is 43.3 Å². The molecule has 168 valence electrons. The Morgan fingerprint density at radius 2 is 2.06 bits per heavy atom. The molecule has 0 aromatic carbocycles. The van der Waals surface area contributed by atoms with Crippen LogP contribution < -0.4 is 16.0 Å². The molecule has 2 atom stereocenters. The molecule has 1 fully saturated rings. The number of hydrogen-bond donors (Lipinski definition) is 3. The Kier molecular flexibility index (Phi) is 5.73. The molecular weight excluding hydrogens is 447 g/mol. The summed E-state index contributed by atoms with van der Waals surface area (Å²) in [5, 5.41) is 10.9. The van der Waals surface area contributed by atoms with E-state index in [9.17, 15) is 13.2 Å². The second-order valence-electron chi connectivity index (χ2n) is 7.34. The van der Waals surface area contributed by atoms with Crippen LogP contribution in [0, 0.1) is 5.41 Å². The zero-order valence-corrected chi connectivity index (χ0v) is 17.6. The van der Waals surface area contributed by atoms with Crippen molar-refractivity contribution in [2.75, 3.05) is 18.0 Å². The van der Waals surface area contributed by atoms with Crippen LogP contribution in [0.2, 0.25) is 0 Å². The zero-order chi connectivity index (χ0) is 23.0. The lowest BCUT2D eigenvalue weighted by molar-refractivity contribution is -0.141. The minimum Gasteiger partial charge on any atom is -0.404 e. The lowest BCUT2D eigenvalue weighted by Gasteiger charge is -2.39. The maximum Gasteiger partial charge on any atom is 0.434 e. The normalized spacial score (nSPS) is 20.0. The van der Waals surface area contributed by atoms with Crippen LogP contribution in [0.15, 0.2) is 42.6 Å². The largest absolute Gasteiger partial charge is 0.434 e. The van der Waals surface area contributed by atoms with Gasteiger partial charge < -0.3 is 16.0 Å². The lowest BCUT2D eigenvalue weighted by atomic mass is 10.0. The van der Waals surface area contributed by atoms with Gasteiger partial charge in [-0.2, -0.15) is 13.2 Å². The molecule has 3 aromatic rings. The van der Waals surface area contributed by atoms with Crippen molar-refractivity contribution >= 4 is 28.2 Å². The maximum absolute atomic E-state index is 13.1. The van der Waals surface area contributed by atoms with E-state index in [-0.39, 0.29) is 28.7 Å². The number of nitrogens with two attached hydrogens (primary N) is 1. The number of rotatable bonds is 4. The summed E-state index contributed by atoms with van der Waals surface area (Å²) in [6.45, 7) is 3.02. The van der Waals surface area contributed by atoms with Crippen LogP contribution in [0.4, 0.5) is 19.0 Å². The van der Waals surface area contributed by atoms with Gasteiger partial charge in [0.15, 0.2) is 17.2 Å². The van der Waals surface area contributed by atoms with Crippen molar-refractivity contribution in [1.29, 1.82) is 5.41 Å². The Labute approximate surface area is 185 Å². The fraction of sp³-hybridized carbons (Fsp3) is 0.316. The summed E-state index contributed by atoms with van der Waals surface area (Å²) in [5.41, 5.74) is 5.63. The second-order valence-corrected chi connectivity index (χ2v) is 7.72. The Hall–Kier alpha value is -3.25. The summed E-state index contributed by atoms with van der Waals surface area (Å²) in [6, 6.07) is 1.46. The quantitative estimate of drug-likeness (QED) is 0.506. The first-order valence-corrected chi connectivity index (χ1v) is 9.96. The van der Waals surface area contributed by atoms with E-state index in [1.165, 1.54) is 23.0 Å². The van der Waals surface area contributed by atoms with Crippen molar-refractivity contribution in [3.63, 3.8) is 0 Å². The number of aromatic nitrogens is 5. The summed E-state index contributed by atoms with van der Waals surface area (Å²) < 4.78 is 40.6. The Bertz CT molecular complexity index is 1190. The number of alkyl halides is 3. The molecule has 13 heteroatoms. The predicted octanol–water partition coefficient (Wildman–Crippen LogP) is 2.43. The molecule has 1 aliphatic heterocycles. The van der Waals surface area contributed by atoms with Crippen molar-refractivity contribution in [3.8, 4) is 11.5 Å². The van der Waals surface area contributed by atoms with Gasteiger partial charge in [0.1, 0.15) is 16.7 Å². The highest BCUT2D eigenvalue weighted by Gasteiger charge is 2.33. The highest BCUT2D eigenvalue weighted by atomic mass is 35.5. The molecule has 3 aromatic heterocycles. The Morgan fingerprint density at radius 1 is 1.28 bits per heavy atom. The van der Waals surface area contributed by atoms with Crippen molar-refractivity contribution in [2.24, 2.45) is 5.73 Å². The number of piperazine rings is 1. The van der Waals surface area contributed by atoms with Crippen LogP contribution >= 0.6 is 11.6 Å². The van der Waals surface area contributed by atoms with Gasteiger partial charge in [0.05, 0.1) is 18.4 Å². The highest BCUT2D eigenvalue weighted by molar-refractivity contribution is 6.68. The van der Waals surface area contributed by atoms with Gasteiger partial charge >= 0.3 is 6.18 Å². The first-order valence-electron chi connectivity index (χ1n) is 9.58. The number of hydrogen-bond acceptors (Lipinski definition) is 8. The molecule has 4 rings (SSSR count). The van der Waals surface area contributed by atoms with Crippen molar-refractivity contribution in [1.82, 2.24) is 29.7 Å². The molecule has 9 nitrogen and oxygen atoms in total. The first-order chi connectivity index (χ1) is 15.2. The average Bonchev–Trinajstić information content (AvgIpc) is 3.16. The van der Waals surface area contributed by atoms with Crippen molar-refractivity contribution < 1.29 is 13.2 Å². The number of nitrogens with zero attached hydrogens (tertiary/aromatic N) is 6. The summed E-state index contributed by atoms with van der Waals surface area (Å²) >= 11 is 5.87. The van der Waals surface area contributed by atoms with Gasteiger partial charge in [0.25, 0.3) is 0 Å². The third-order valence-electron chi connectivity index (χ3n) is 5.07. The number of nitrogens with one attached hydrogen (secondary N) is 2. The van der Waals surface area contributed by atoms with Crippen LogP contribution in [-0.2, 0) is 6.18 Å². The SMILES string of the molecule is CC1CN(c2ccnc(-c3cnc4cnc(C(F)(F)F)cn34)n2)CC(C(=CN)C(=N)Cl)N1. The van der Waals surface area contributed by atoms with Crippen LogP contribution in [0.5, 0.6) is 0 Å². The number of anilines is 1. The third kappa shape index (κ3) is 4.23. The molecule has 32 heavy (non-hydrogen) atoms. The van der Waals surface area contributed by atoms with Gasteiger partial charge in [-0.1, -0.05) is 11.6 Å². The van der Waals surface area contributed by atoms with E-state index in [1.54, 1.807) is 6.07 Å². The fourth-order valence-electron chi connectivity index (χ4n) is 3.64. The molecule has 1 aliphatic rings. The molecule has 0 bridgehead atoms. The summed E-state index contributed by atoms with van der Waals surface area (Å²) in [4.78, 5) is 18.3. The summed E-state index contributed by atoms with van der Waals surface area (Å²) in [6.07, 6.45) is 1.59. The monoisotopic (exact) mass is 465 g/mol. The van der Waals surface area contributed by atoms with Gasteiger partial charge in [-0.3, -0.25) is 9.81 Å². The molecule has 4 N–H and O–H groups in total. The van der Waals surface area contributed by atoms with E-state index < -0.39 is 11.9 Å². The molecule has 0 aliphatic carbocycles. The lowest BCUT2D eigenvalue weighted by Crippen LogP contribution is -2.57. The van der Waals surface area contributed by atoms with Crippen LogP contribution in [-0.4, -0.2) is 54.7 Å². The second kappa shape index (κ2) is 8.36. The zero-order valence-electron chi connectivity index (χ0n) is 16.8. The van der Waals surface area contributed by atoms with Crippen LogP contribution in [0.25, 0.3) is 17.2 Å². The topological polar surface area (TPSA) is 121 Å². The molecule has 1 saturated heterocycles. The van der Waals surface area contributed by atoms with Crippen LogP contribution in [0.3, 0.4) is 0 Å². The molecule has 0 amide bonds. The number of halogens is 4. The average molecular weight is 466 g/mol. The van der Waals surface area contributed by atoms with E-state index in [0.717, 1.165) is 12.4 Å². The van der Waals surface area contributed by atoms with Gasteiger partial charge in [0.2, 0.25) is 0 Å². The molecular formula is C19H19ClF3N9. The Balaban J connectivity index is 1.69. The minimum absolute atomic E-state index is 0.0364. The highest BCUT2D eigenvalue weighted by Crippen LogP contribution is 2.29. The first kappa shape index (κ1) is 22.0. The van der Waals surface area contributed by atoms with E-state index in [4.69, 9.17) is 22.7 Å². The van der Waals surface area contributed by atoms with Crippen LogP contribution in [0.1, 0.15) is 12.6 Å².